The topological polar surface area (TPSA) is 133 Å². The van der Waals surface area contributed by atoms with Crippen LogP contribution < -0.4 is 11.1 Å². The van der Waals surface area contributed by atoms with Gasteiger partial charge in [0, 0.05) is 13.1 Å². The van der Waals surface area contributed by atoms with E-state index in [0.29, 0.717) is 13.0 Å². The van der Waals surface area contributed by atoms with Crippen molar-refractivity contribution in [3.05, 3.63) is 0 Å². The Balaban J connectivity index is 4.44. The third kappa shape index (κ3) is 8.30. The van der Waals surface area contributed by atoms with Gasteiger partial charge in [0.25, 0.3) is 0 Å². The number of unbranched alkanes of at least 4 members (excludes halogenated alkanes) is 1. The molecule has 0 saturated carbocycles. The summed E-state index contributed by atoms with van der Waals surface area (Å²) in [5, 5.41) is 20.8. The molecule has 1 unspecified atom stereocenters. The molecule has 0 bridgehead atoms. The third-order valence-corrected chi connectivity index (χ3v) is 2.57. The molecule has 20 heavy (non-hydrogen) atoms. The van der Waals surface area contributed by atoms with Gasteiger partial charge in [-0.05, 0) is 13.3 Å². The minimum Gasteiger partial charge on any atom is -0.481 e. The molecule has 8 nitrogen and oxygen atoms in total. The van der Waals surface area contributed by atoms with Gasteiger partial charge in [0.15, 0.2) is 0 Å². The van der Waals surface area contributed by atoms with Crippen molar-refractivity contribution >= 4 is 17.9 Å². The molecule has 0 aromatic rings. The summed E-state index contributed by atoms with van der Waals surface area (Å²) in [5.41, 5.74) is 3.51. The van der Waals surface area contributed by atoms with Crippen LogP contribution in [-0.2, 0) is 9.59 Å². The summed E-state index contributed by atoms with van der Waals surface area (Å²) >= 11 is 0. The second kappa shape index (κ2) is 8.36. The normalized spacial score (nSPS) is 13.3. The molecule has 0 aromatic carbocycles. The van der Waals surface area contributed by atoms with Crippen LogP contribution in [0.5, 0.6) is 0 Å². The summed E-state index contributed by atoms with van der Waals surface area (Å²) in [6.45, 7) is 3.18. The van der Waals surface area contributed by atoms with Crippen molar-refractivity contribution in [1.29, 1.82) is 0 Å². The van der Waals surface area contributed by atoms with E-state index >= 15 is 0 Å². The predicted octanol–water partition coefficient (Wildman–Crippen LogP) is -0.491. The molecule has 1 atom stereocenters. The smallest absolute Gasteiger partial charge is 0.317 e. The first-order valence-corrected chi connectivity index (χ1v) is 6.43. The Kier molecular flexibility index (Phi) is 7.60. The quantitative estimate of drug-likeness (QED) is 0.454. The standard InChI is InChI=1S/C12H23N3O5/c1-3-4-5-15(7-9(13)16)11(19)14-8-12(2,20)6-10(17)18/h20H,3-8H2,1-2H3,(H2,13,16)(H,14,19)(H,17,18). The van der Waals surface area contributed by atoms with Crippen molar-refractivity contribution in [2.24, 2.45) is 5.73 Å². The van der Waals surface area contributed by atoms with Gasteiger partial charge in [0.2, 0.25) is 5.91 Å². The fraction of sp³-hybridized carbons (Fsp3) is 0.750. The number of urea groups is 1. The summed E-state index contributed by atoms with van der Waals surface area (Å²) < 4.78 is 0. The Labute approximate surface area is 117 Å². The summed E-state index contributed by atoms with van der Waals surface area (Å²) in [5.74, 6) is -1.79. The largest absolute Gasteiger partial charge is 0.481 e. The number of aliphatic hydroxyl groups is 1. The monoisotopic (exact) mass is 289 g/mol. The SMILES string of the molecule is CCCCN(CC(N)=O)C(=O)NCC(C)(O)CC(=O)O. The molecule has 0 heterocycles. The summed E-state index contributed by atoms with van der Waals surface area (Å²) in [7, 11) is 0. The molecule has 8 heteroatoms. The number of carbonyl (C=O) groups excluding carboxylic acids is 2. The average molecular weight is 289 g/mol. The number of carboxylic acid groups (broad SMARTS) is 1. The van der Waals surface area contributed by atoms with Crippen LogP contribution >= 0.6 is 0 Å². The minimum absolute atomic E-state index is 0.215. The predicted molar refractivity (Wildman–Crippen MR) is 72.0 cm³/mol. The zero-order valence-corrected chi connectivity index (χ0v) is 11.9. The zero-order chi connectivity index (χ0) is 15.8. The van der Waals surface area contributed by atoms with Crippen LogP contribution in [0.4, 0.5) is 4.79 Å². The number of nitrogens with two attached hydrogens (primary N) is 1. The lowest BCUT2D eigenvalue weighted by Gasteiger charge is -2.25. The van der Waals surface area contributed by atoms with Crippen molar-refractivity contribution < 1.29 is 24.6 Å². The maximum atomic E-state index is 11.9. The maximum absolute atomic E-state index is 11.9. The highest BCUT2D eigenvalue weighted by Crippen LogP contribution is 2.07. The van der Waals surface area contributed by atoms with Crippen LogP contribution in [-0.4, -0.2) is 58.3 Å². The second-order valence-electron chi connectivity index (χ2n) is 4.97. The Morgan fingerprint density at radius 3 is 2.40 bits per heavy atom. The van der Waals surface area contributed by atoms with Crippen molar-refractivity contribution in [2.45, 2.75) is 38.7 Å². The number of amides is 3. The lowest BCUT2D eigenvalue weighted by atomic mass is 10.0. The van der Waals surface area contributed by atoms with E-state index in [9.17, 15) is 19.5 Å². The molecule has 0 aliphatic carbocycles. The Hall–Kier alpha value is -1.83. The van der Waals surface area contributed by atoms with E-state index in [1.165, 1.54) is 11.8 Å². The summed E-state index contributed by atoms with van der Waals surface area (Å²) in [6, 6.07) is -0.553. The van der Waals surface area contributed by atoms with Gasteiger partial charge in [0.1, 0.15) is 6.54 Å². The first kappa shape index (κ1) is 18.2. The average Bonchev–Trinajstić information content (AvgIpc) is 2.29. The molecule has 5 N–H and O–H groups in total. The second-order valence-corrected chi connectivity index (χ2v) is 4.97. The van der Waals surface area contributed by atoms with Gasteiger partial charge in [0.05, 0.1) is 12.0 Å². The van der Waals surface area contributed by atoms with Gasteiger partial charge in [-0.25, -0.2) is 4.79 Å². The molecular formula is C12H23N3O5. The van der Waals surface area contributed by atoms with Crippen LogP contribution in [0.1, 0.15) is 33.1 Å². The number of nitrogens with one attached hydrogen (secondary N) is 1. The van der Waals surface area contributed by atoms with Gasteiger partial charge in [-0.3, -0.25) is 9.59 Å². The van der Waals surface area contributed by atoms with E-state index in [-0.39, 0.29) is 13.1 Å². The van der Waals surface area contributed by atoms with E-state index in [1.54, 1.807) is 0 Å². The number of hydrogen-bond acceptors (Lipinski definition) is 4. The van der Waals surface area contributed by atoms with Crippen LogP contribution in [0.2, 0.25) is 0 Å². The number of aliphatic carboxylic acids is 1. The lowest BCUT2D eigenvalue weighted by Crippen LogP contribution is -2.49. The molecule has 0 saturated heterocycles. The Bertz CT molecular complexity index is 357. The molecule has 116 valence electrons. The molecule has 0 aliphatic rings. The molecule has 0 spiro atoms. The van der Waals surface area contributed by atoms with Crippen LogP contribution in [0, 0.1) is 0 Å². The van der Waals surface area contributed by atoms with E-state index in [1.807, 2.05) is 6.92 Å². The number of rotatable bonds is 9. The Morgan fingerprint density at radius 1 is 1.35 bits per heavy atom. The first-order chi connectivity index (χ1) is 9.18. The highest BCUT2D eigenvalue weighted by Gasteiger charge is 2.26. The van der Waals surface area contributed by atoms with Gasteiger partial charge in [-0.1, -0.05) is 13.3 Å². The summed E-state index contributed by atoms with van der Waals surface area (Å²) in [6.07, 6.45) is 1.07. The van der Waals surface area contributed by atoms with Gasteiger partial charge in [-0.15, -0.1) is 0 Å². The number of carbonyl (C=O) groups is 3. The highest BCUT2D eigenvalue weighted by atomic mass is 16.4. The van der Waals surface area contributed by atoms with Crippen molar-refractivity contribution in [2.75, 3.05) is 19.6 Å². The molecule has 0 aromatic heterocycles. The molecule has 0 rings (SSSR count). The van der Waals surface area contributed by atoms with Crippen molar-refractivity contribution in [3.63, 3.8) is 0 Å². The van der Waals surface area contributed by atoms with Crippen molar-refractivity contribution in [1.82, 2.24) is 10.2 Å². The fourth-order valence-corrected chi connectivity index (χ4v) is 1.56. The Morgan fingerprint density at radius 2 is 1.95 bits per heavy atom. The van der Waals surface area contributed by atoms with E-state index in [2.05, 4.69) is 5.32 Å². The van der Waals surface area contributed by atoms with Gasteiger partial charge >= 0.3 is 12.0 Å². The van der Waals surface area contributed by atoms with E-state index < -0.39 is 29.9 Å². The molecule has 3 amide bonds. The zero-order valence-electron chi connectivity index (χ0n) is 11.9. The lowest BCUT2D eigenvalue weighted by molar-refractivity contribution is -0.141. The molecular weight excluding hydrogens is 266 g/mol. The maximum Gasteiger partial charge on any atom is 0.317 e. The highest BCUT2D eigenvalue weighted by molar-refractivity contribution is 5.83. The summed E-state index contributed by atoms with van der Waals surface area (Å²) in [4.78, 5) is 34.5. The van der Waals surface area contributed by atoms with Crippen molar-refractivity contribution in [3.8, 4) is 0 Å². The van der Waals surface area contributed by atoms with Gasteiger partial charge in [-0.2, -0.15) is 0 Å². The third-order valence-electron chi connectivity index (χ3n) is 2.57. The van der Waals surface area contributed by atoms with Crippen LogP contribution in [0.25, 0.3) is 0 Å². The fourth-order valence-electron chi connectivity index (χ4n) is 1.56. The number of primary amides is 1. The van der Waals surface area contributed by atoms with E-state index in [0.717, 1.165) is 6.42 Å². The van der Waals surface area contributed by atoms with Crippen LogP contribution in [0.15, 0.2) is 0 Å². The molecule has 0 radical (unpaired) electrons. The van der Waals surface area contributed by atoms with Crippen LogP contribution in [0.3, 0.4) is 0 Å². The number of carboxylic acids is 1. The molecule has 0 aliphatic heterocycles. The number of hydrogen-bond donors (Lipinski definition) is 4. The minimum atomic E-state index is -1.55. The van der Waals surface area contributed by atoms with E-state index in [4.69, 9.17) is 10.8 Å². The first-order valence-electron chi connectivity index (χ1n) is 6.43. The van der Waals surface area contributed by atoms with Gasteiger partial charge < -0.3 is 26.2 Å². The number of nitrogens with zero attached hydrogens (tertiary/aromatic N) is 1. The molecule has 0 fully saturated rings.